The second-order valence-electron chi connectivity index (χ2n) is 5.11. The Morgan fingerprint density at radius 2 is 1.71 bits per heavy atom. The first kappa shape index (κ1) is 13.8. The Bertz CT molecular complexity index is 354. The molecule has 2 aliphatic rings. The van der Waals surface area contributed by atoms with Crippen LogP contribution < -0.4 is 0 Å². The zero-order valence-electron chi connectivity index (χ0n) is 10.3. The minimum absolute atomic E-state index is 0.288. The lowest BCUT2D eigenvalue weighted by atomic mass is 10.0. The highest BCUT2D eigenvalue weighted by Gasteiger charge is 2.35. The van der Waals surface area contributed by atoms with Gasteiger partial charge in [-0.3, -0.25) is 0 Å². The summed E-state index contributed by atoms with van der Waals surface area (Å²) in [6, 6.07) is 0. The predicted octanol–water partition coefficient (Wildman–Crippen LogP) is 1.82. The molecule has 0 bridgehead atoms. The molecule has 2 atom stereocenters. The van der Waals surface area contributed by atoms with Crippen molar-refractivity contribution in [2.24, 2.45) is 5.92 Å². The fourth-order valence-electron chi connectivity index (χ4n) is 2.46. The summed E-state index contributed by atoms with van der Waals surface area (Å²) >= 11 is 3.59. The SMILES string of the molecule is CC1CCN(S(=O)(=O)N2CCCCC2)CC1Br. The van der Waals surface area contributed by atoms with Crippen LogP contribution in [0.3, 0.4) is 0 Å². The van der Waals surface area contributed by atoms with Gasteiger partial charge in [0.15, 0.2) is 0 Å². The van der Waals surface area contributed by atoms with E-state index >= 15 is 0 Å². The van der Waals surface area contributed by atoms with Gasteiger partial charge in [0.25, 0.3) is 10.2 Å². The van der Waals surface area contributed by atoms with Crippen LogP contribution in [0.25, 0.3) is 0 Å². The Hall–Kier alpha value is 0.350. The molecule has 2 heterocycles. The smallest absolute Gasteiger partial charge is 0.195 e. The Morgan fingerprint density at radius 3 is 2.29 bits per heavy atom. The molecule has 17 heavy (non-hydrogen) atoms. The van der Waals surface area contributed by atoms with Crippen LogP contribution in [-0.2, 0) is 10.2 Å². The van der Waals surface area contributed by atoms with Crippen LogP contribution in [0.5, 0.6) is 0 Å². The molecule has 0 spiro atoms. The normalized spacial score (nSPS) is 33.8. The molecule has 0 aromatic heterocycles. The molecule has 2 fully saturated rings. The molecule has 0 aromatic rings. The van der Waals surface area contributed by atoms with Gasteiger partial charge in [0.05, 0.1) is 0 Å². The quantitative estimate of drug-likeness (QED) is 0.727. The lowest BCUT2D eigenvalue weighted by molar-refractivity contribution is 0.260. The van der Waals surface area contributed by atoms with Crippen molar-refractivity contribution in [3.8, 4) is 0 Å². The van der Waals surface area contributed by atoms with Crippen molar-refractivity contribution >= 4 is 26.1 Å². The molecule has 2 unspecified atom stereocenters. The highest BCUT2D eigenvalue weighted by molar-refractivity contribution is 9.09. The number of nitrogens with zero attached hydrogens (tertiary/aromatic N) is 2. The predicted molar refractivity (Wildman–Crippen MR) is 72.4 cm³/mol. The molecule has 6 heteroatoms. The Kier molecular flexibility index (Phi) is 4.50. The number of rotatable bonds is 2. The van der Waals surface area contributed by atoms with E-state index in [1.807, 2.05) is 0 Å². The fraction of sp³-hybridized carbons (Fsp3) is 1.00. The van der Waals surface area contributed by atoms with Crippen LogP contribution in [0.4, 0.5) is 0 Å². The Balaban J connectivity index is 2.04. The molecular weight excluding hydrogens is 304 g/mol. The summed E-state index contributed by atoms with van der Waals surface area (Å²) in [5.41, 5.74) is 0. The Labute approximate surface area is 113 Å². The van der Waals surface area contributed by atoms with E-state index in [4.69, 9.17) is 0 Å². The summed E-state index contributed by atoms with van der Waals surface area (Å²) in [4.78, 5) is 0.288. The van der Waals surface area contributed by atoms with Gasteiger partial charge in [-0.1, -0.05) is 29.3 Å². The van der Waals surface area contributed by atoms with Gasteiger partial charge in [0, 0.05) is 31.0 Å². The maximum Gasteiger partial charge on any atom is 0.282 e. The van der Waals surface area contributed by atoms with Crippen molar-refractivity contribution in [1.82, 2.24) is 8.61 Å². The minimum Gasteiger partial charge on any atom is -0.195 e. The zero-order chi connectivity index (χ0) is 12.5. The van der Waals surface area contributed by atoms with E-state index in [1.165, 1.54) is 0 Å². The summed E-state index contributed by atoms with van der Waals surface area (Å²) in [5.74, 6) is 0.558. The van der Waals surface area contributed by atoms with Crippen molar-refractivity contribution in [2.45, 2.75) is 37.4 Å². The third-order valence-electron chi connectivity index (χ3n) is 3.80. The molecule has 2 rings (SSSR count). The maximum atomic E-state index is 12.4. The van der Waals surface area contributed by atoms with Crippen LogP contribution in [-0.4, -0.2) is 48.0 Å². The van der Waals surface area contributed by atoms with Crippen LogP contribution in [0, 0.1) is 5.92 Å². The second-order valence-corrected chi connectivity index (χ2v) is 8.21. The molecule has 0 amide bonds. The minimum atomic E-state index is -3.20. The first-order valence-electron chi connectivity index (χ1n) is 6.41. The fourth-order valence-corrected chi connectivity index (χ4v) is 5.00. The van der Waals surface area contributed by atoms with E-state index in [1.54, 1.807) is 8.61 Å². The van der Waals surface area contributed by atoms with Crippen molar-refractivity contribution in [1.29, 1.82) is 0 Å². The highest BCUT2D eigenvalue weighted by Crippen LogP contribution is 2.27. The van der Waals surface area contributed by atoms with E-state index < -0.39 is 10.2 Å². The number of piperidine rings is 2. The average molecular weight is 325 g/mol. The van der Waals surface area contributed by atoms with Crippen molar-refractivity contribution in [3.63, 3.8) is 0 Å². The zero-order valence-corrected chi connectivity index (χ0v) is 12.7. The highest BCUT2D eigenvalue weighted by atomic mass is 79.9. The van der Waals surface area contributed by atoms with Gasteiger partial charge in [0.1, 0.15) is 0 Å². The molecule has 0 aliphatic carbocycles. The summed E-state index contributed by atoms with van der Waals surface area (Å²) in [5, 5.41) is 0. The van der Waals surface area contributed by atoms with Gasteiger partial charge in [-0.25, -0.2) is 0 Å². The molecule has 0 radical (unpaired) electrons. The van der Waals surface area contributed by atoms with Crippen molar-refractivity contribution in [2.75, 3.05) is 26.2 Å². The first-order valence-corrected chi connectivity index (χ1v) is 8.72. The molecule has 4 nitrogen and oxygen atoms in total. The van der Waals surface area contributed by atoms with Crippen LogP contribution in [0.2, 0.25) is 0 Å². The van der Waals surface area contributed by atoms with E-state index in [0.29, 0.717) is 32.1 Å². The van der Waals surface area contributed by atoms with E-state index in [9.17, 15) is 8.42 Å². The van der Waals surface area contributed by atoms with Gasteiger partial charge in [0.2, 0.25) is 0 Å². The lowest BCUT2D eigenvalue weighted by Gasteiger charge is -2.37. The summed E-state index contributed by atoms with van der Waals surface area (Å²) in [7, 11) is -3.20. The van der Waals surface area contributed by atoms with Gasteiger partial charge in [-0.2, -0.15) is 17.0 Å². The number of hydrogen-bond acceptors (Lipinski definition) is 2. The van der Waals surface area contributed by atoms with Gasteiger partial charge >= 0.3 is 0 Å². The molecule has 0 aromatic carbocycles. The number of hydrogen-bond donors (Lipinski definition) is 0. The third kappa shape index (κ3) is 3.03. The Morgan fingerprint density at radius 1 is 1.06 bits per heavy atom. The molecule has 2 saturated heterocycles. The second kappa shape index (κ2) is 5.55. The molecular formula is C11H21BrN2O2S. The lowest BCUT2D eigenvalue weighted by Crippen LogP contribution is -2.51. The average Bonchev–Trinajstić information content (AvgIpc) is 2.33. The molecule has 100 valence electrons. The van der Waals surface area contributed by atoms with Crippen molar-refractivity contribution < 1.29 is 8.42 Å². The van der Waals surface area contributed by atoms with Gasteiger partial charge < -0.3 is 0 Å². The topological polar surface area (TPSA) is 40.6 Å². The van der Waals surface area contributed by atoms with Gasteiger partial charge in [-0.15, -0.1) is 0 Å². The molecule has 2 aliphatic heterocycles. The molecule has 0 saturated carbocycles. The molecule has 0 N–H and O–H groups in total. The number of alkyl halides is 1. The van der Waals surface area contributed by atoms with E-state index in [2.05, 4.69) is 22.9 Å². The summed E-state index contributed by atoms with van der Waals surface area (Å²) in [6.45, 7) is 4.84. The standard InChI is InChI=1S/C11H21BrN2O2S/c1-10-5-8-14(9-11(10)12)17(15,16)13-6-3-2-4-7-13/h10-11H,2-9H2,1H3. The first-order chi connectivity index (χ1) is 8.01. The largest absolute Gasteiger partial charge is 0.282 e. The summed E-state index contributed by atoms with van der Waals surface area (Å²) < 4.78 is 28.2. The van der Waals surface area contributed by atoms with Crippen molar-refractivity contribution in [3.05, 3.63) is 0 Å². The van der Waals surface area contributed by atoms with Crippen LogP contribution >= 0.6 is 15.9 Å². The van der Waals surface area contributed by atoms with E-state index in [-0.39, 0.29) is 4.83 Å². The number of halogens is 1. The third-order valence-corrected chi connectivity index (χ3v) is 6.99. The van der Waals surface area contributed by atoms with Crippen LogP contribution in [0.1, 0.15) is 32.6 Å². The maximum absolute atomic E-state index is 12.4. The van der Waals surface area contributed by atoms with Gasteiger partial charge in [-0.05, 0) is 25.2 Å². The van der Waals surface area contributed by atoms with E-state index in [0.717, 1.165) is 25.7 Å². The summed E-state index contributed by atoms with van der Waals surface area (Å²) in [6.07, 6.45) is 4.11. The monoisotopic (exact) mass is 324 g/mol. The van der Waals surface area contributed by atoms with Crippen LogP contribution in [0.15, 0.2) is 0 Å².